The van der Waals surface area contributed by atoms with Gasteiger partial charge in [0.25, 0.3) is 5.91 Å². The smallest absolute Gasteiger partial charge is 0.328 e. The van der Waals surface area contributed by atoms with Gasteiger partial charge < -0.3 is 10.0 Å². The minimum absolute atomic E-state index is 0.0679. The minimum atomic E-state index is -0.978. The van der Waals surface area contributed by atoms with E-state index >= 15 is 0 Å². The van der Waals surface area contributed by atoms with Gasteiger partial charge in [0.15, 0.2) is 0 Å². The highest BCUT2D eigenvalue weighted by Gasteiger charge is 2.22. The Kier molecular flexibility index (Phi) is 5.14. The molecule has 4 nitrogen and oxygen atoms in total. The molecule has 1 saturated heterocycles. The van der Waals surface area contributed by atoms with Gasteiger partial charge in [-0.05, 0) is 42.5 Å². The number of hydrogen-bond donors (Lipinski definition) is 1. The first-order valence-corrected chi connectivity index (χ1v) is 7.40. The van der Waals surface area contributed by atoms with Crippen molar-refractivity contribution in [3.63, 3.8) is 0 Å². The van der Waals surface area contributed by atoms with Crippen molar-refractivity contribution in [2.45, 2.75) is 26.2 Å². The first-order valence-electron chi connectivity index (χ1n) is 7.40. The Balaban J connectivity index is 1.98. The number of carbonyl (C=O) groups excluding carboxylic acids is 1. The molecule has 4 heteroatoms. The lowest BCUT2D eigenvalue weighted by atomic mass is 9.94. The maximum Gasteiger partial charge on any atom is 0.328 e. The Morgan fingerprint density at radius 1 is 1.24 bits per heavy atom. The molecule has 0 saturated carbocycles. The second kappa shape index (κ2) is 7.07. The zero-order valence-corrected chi connectivity index (χ0v) is 12.3. The fourth-order valence-electron chi connectivity index (χ4n) is 2.63. The van der Waals surface area contributed by atoms with Gasteiger partial charge in [-0.3, -0.25) is 4.79 Å². The van der Waals surface area contributed by atoms with Crippen LogP contribution < -0.4 is 0 Å². The summed E-state index contributed by atoms with van der Waals surface area (Å²) in [4.78, 5) is 24.8. The third-order valence-corrected chi connectivity index (χ3v) is 4.06. The quantitative estimate of drug-likeness (QED) is 0.866. The number of aliphatic carboxylic acids is 1. The Hall–Kier alpha value is -2.10. The van der Waals surface area contributed by atoms with Crippen LogP contribution in [0.2, 0.25) is 0 Å². The van der Waals surface area contributed by atoms with Crippen molar-refractivity contribution in [3.05, 3.63) is 41.5 Å². The van der Waals surface area contributed by atoms with Gasteiger partial charge >= 0.3 is 5.97 Å². The standard InChI is InChI=1S/C17H21NO3/c1-2-13-9-11-18(12-10-13)17(21)15-6-3-14(4-7-15)5-8-16(19)20/h3-8,13H,2,9-12H2,1H3,(H,19,20). The number of carboxylic acids is 1. The Bertz CT molecular complexity index is 525. The summed E-state index contributed by atoms with van der Waals surface area (Å²) in [7, 11) is 0. The fourth-order valence-corrected chi connectivity index (χ4v) is 2.63. The molecule has 1 fully saturated rings. The Morgan fingerprint density at radius 2 is 1.86 bits per heavy atom. The van der Waals surface area contributed by atoms with Crippen LogP contribution in [-0.4, -0.2) is 35.0 Å². The average Bonchev–Trinajstić information content (AvgIpc) is 2.53. The molecule has 1 aromatic rings. The molecule has 1 aromatic carbocycles. The maximum absolute atomic E-state index is 12.4. The van der Waals surface area contributed by atoms with Crippen LogP contribution in [0.4, 0.5) is 0 Å². The third-order valence-electron chi connectivity index (χ3n) is 4.06. The van der Waals surface area contributed by atoms with Crippen LogP contribution in [0.25, 0.3) is 6.08 Å². The number of nitrogens with zero attached hydrogens (tertiary/aromatic N) is 1. The largest absolute Gasteiger partial charge is 0.478 e. The number of benzene rings is 1. The zero-order chi connectivity index (χ0) is 15.2. The van der Waals surface area contributed by atoms with Crippen molar-refractivity contribution in [2.75, 3.05) is 13.1 Å². The van der Waals surface area contributed by atoms with E-state index in [1.54, 1.807) is 24.3 Å². The SMILES string of the molecule is CCC1CCN(C(=O)c2ccc(C=CC(=O)O)cc2)CC1. The van der Waals surface area contributed by atoms with Crippen LogP contribution in [0.1, 0.15) is 42.1 Å². The summed E-state index contributed by atoms with van der Waals surface area (Å²) in [6, 6.07) is 7.06. The number of carboxylic acid groups (broad SMARTS) is 1. The van der Waals surface area contributed by atoms with E-state index in [4.69, 9.17) is 5.11 Å². The van der Waals surface area contributed by atoms with Gasteiger partial charge in [0.2, 0.25) is 0 Å². The first kappa shape index (κ1) is 15.3. The molecule has 1 amide bonds. The predicted octanol–water partition coefficient (Wildman–Crippen LogP) is 3.05. The summed E-state index contributed by atoms with van der Waals surface area (Å²) in [5.41, 5.74) is 1.44. The molecule has 0 aromatic heterocycles. The molecule has 0 atom stereocenters. The molecule has 112 valence electrons. The number of likely N-dealkylation sites (tertiary alicyclic amines) is 1. The van der Waals surface area contributed by atoms with E-state index in [0.717, 1.165) is 43.5 Å². The normalized spacial score (nSPS) is 16.3. The van der Waals surface area contributed by atoms with E-state index in [-0.39, 0.29) is 5.91 Å². The molecule has 1 aliphatic rings. The maximum atomic E-state index is 12.4. The van der Waals surface area contributed by atoms with Crippen molar-refractivity contribution in [3.8, 4) is 0 Å². The lowest BCUT2D eigenvalue weighted by molar-refractivity contribution is -0.131. The van der Waals surface area contributed by atoms with Gasteiger partial charge in [-0.2, -0.15) is 0 Å². The van der Waals surface area contributed by atoms with Crippen molar-refractivity contribution in [1.82, 2.24) is 4.90 Å². The summed E-state index contributed by atoms with van der Waals surface area (Å²) in [5, 5.41) is 8.58. The number of rotatable bonds is 4. The molecular weight excluding hydrogens is 266 g/mol. The number of piperidine rings is 1. The summed E-state index contributed by atoms with van der Waals surface area (Å²) >= 11 is 0. The van der Waals surface area contributed by atoms with Gasteiger partial charge in [-0.25, -0.2) is 4.79 Å². The Morgan fingerprint density at radius 3 is 2.38 bits per heavy atom. The summed E-state index contributed by atoms with van der Waals surface area (Å²) in [6.45, 7) is 3.86. The van der Waals surface area contributed by atoms with Gasteiger partial charge in [0, 0.05) is 24.7 Å². The monoisotopic (exact) mass is 287 g/mol. The predicted molar refractivity (Wildman–Crippen MR) is 82.0 cm³/mol. The molecule has 21 heavy (non-hydrogen) atoms. The number of carbonyl (C=O) groups is 2. The van der Waals surface area contributed by atoms with Gasteiger partial charge in [-0.1, -0.05) is 25.5 Å². The molecule has 1 heterocycles. The third kappa shape index (κ3) is 4.18. The van der Waals surface area contributed by atoms with E-state index in [9.17, 15) is 9.59 Å². The molecule has 0 radical (unpaired) electrons. The van der Waals surface area contributed by atoms with Crippen LogP contribution >= 0.6 is 0 Å². The molecule has 1 aliphatic heterocycles. The molecule has 0 aliphatic carbocycles. The fraction of sp³-hybridized carbons (Fsp3) is 0.412. The highest BCUT2D eigenvalue weighted by Crippen LogP contribution is 2.21. The minimum Gasteiger partial charge on any atom is -0.478 e. The van der Waals surface area contributed by atoms with Crippen molar-refractivity contribution >= 4 is 18.0 Å². The van der Waals surface area contributed by atoms with Crippen LogP contribution in [-0.2, 0) is 4.79 Å². The van der Waals surface area contributed by atoms with Crippen LogP contribution in [0.3, 0.4) is 0 Å². The zero-order valence-electron chi connectivity index (χ0n) is 12.3. The van der Waals surface area contributed by atoms with E-state index in [1.165, 1.54) is 12.5 Å². The van der Waals surface area contributed by atoms with Gasteiger partial charge in [0.1, 0.15) is 0 Å². The van der Waals surface area contributed by atoms with E-state index < -0.39 is 5.97 Å². The molecular formula is C17H21NO3. The first-order chi connectivity index (χ1) is 10.1. The molecule has 0 bridgehead atoms. The number of amides is 1. The molecule has 1 N–H and O–H groups in total. The highest BCUT2D eigenvalue weighted by molar-refractivity contribution is 5.94. The average molecular weight is 287 g/mol. The number of hydrogen-bond acceptors (Lipinski definition) is 2. The summed E-state index contributed by atoms with van der Waals surface area (Å²) < 4.78 is 0. The summed E-state index contributed by atoms with van der Waals surface area (Å²) in [6.07, 6.45) is 5.96. The van der Waals surface area contributed by atoms with Crippen LogP contribution in [0, 0.1) is 5.92 Å². The van der Waals surface area contributed by atoms with Gasteiger partial charge in [-0.15, -0.1) is 0 Å². The van der Waals surface area contributed by atoms with E-state index in [2.05, 4.69) is 6.92 Å². The van der Waals surface area contributed by atoms with E-state index in [0.29, 0.717) is 5.56 Å². The van der Waals surface area contributed by atoms with Crippen molar-refractivity contribution in [1.29, 1.82) is 0 Å². The molecule has 0 spiro atoms. The lowest BCUT2D eigenvalue weighted by Gasteiger charge is -2.31. The van der Waals surface area contributed by atoms with Gasteiger partial charge in [0.05, 0.1) is 0 Å². The van der Waals surface area contributed by atoms with Crippen molar-refractivity contribution < 1.29 is 14.7 Å². The van der Waals surface area contributed by atoms with Crippen LogP contribution in [0.5, 0.6) is 0 Å². The topological polar surface area (TPSA) is 57.6 Å². The second-order valence-corrected chi connectivity index (χ2v) is 5.44. The lowest BCUT2D eigenvalue weighted by Crippen LogP contribution is -2.38. The summed E-state index contributed by atoms with van der Waals surface area (Å²) in [5.74, 6) is -0.162. The second-order valence-electron chi connectivity index (χ2n) is 5.44. The molecule has 0 unspecified atom stereocenters. The Labute approximate surface area is 125 Å². The molecule has 2 rings (SSSR count). The van der Waals surface area contributed by atoms with Crippen LogP contribution in [0.15, 0.2) is 30.3 Å². The van der Waals surface area contributed by atoms with E-state index in [1.807, 2.05) is 4.90 Å². The van der Waals surface area contributed by atoms with Crippen molar-refractivity contribution in [2.24, 2.45) is 5.92 Å². The highest BCUT2D eigenvalue weighted by atomic mass is 16.4.